The Kier molecular flexibility index (Phi) is 5.79. The number of hydrogen-bond donors (Lipinski definition) is 1. The van der Waals surface area contributed by atoms with Gasteiger partial charge in [0, 0.05) is 23.7 Å². The Morgan fingerprint density at radius 1 is 1.23 bits per heavy atom. The fraction of sp³-hybridized carbons (Fsp3) is 0.304. The fourth-order valence-electron chi connectivity index (χ4n) is 4.03. The maximum Gasteiger partial charge on any atom is 0.295 e. The van der Waals surface area contributed by atoms with Gasteiger partial charge in [0.1, 0.15) is 11.5 Å². The number of Topliss-reactive ketones (excluding diaryl/α,β-unsaturated/α-hetero) is 1. The number of methoxy groups -OCH3 is 1. The summed E-state index contributed by atoms with van der Waals surface area (Å²) in [5, 5.41) is 11.5. The lowest BCUT2D eigenvalue weighted by molar-refractivity contribution is -0.140. The third-order valence-corrected chi connectivity index (χ3v) is 5.71. The lowest BCUT2D eigenvalue weighted by Crippen LogP contribution is -2.36. The van der Waals surface area contributed by atoms with E-state index in [0.29, 0.717) is 28.5 Å². The average Bonchev–Trinajstić information content (AvgIpc) is 3.35. The lowest BCUT2D eigenvalue weighted by Gasteiger charge is -2.27. The van der Waals surface area contributed by atoms with Crippen LogP contribution in [0.4, 0.5) is 0 Å². The number of aliphatic hydroxyl groups excluding tert-OH is 1. The molecule has 6 nitrogen and oxygen atoms in total. The Hall–Kier alpha value is -2.83. The van der Waals surface area contributed by atoms with Crippen molar-refractivity contribution in [1.29, 1.82) is 0 Å². The average molecular weight is 428 g/mol. The van der Waals surface area contributed by atoms with Gasteiger partial charge in [-0.2, -0.15) is 0 Å². The highest BCUT2D eigenvalue weighted by Gasteiger charge is 2.47. The number of halogens is 1. The van der Waals surface area contributed by atoms with E-state index in [1.807, 2.05) is 6.07 Å². The highest BCUT2D eigenvalue weighted by Crippen LogP contribution is 2.41. The normalized spacial score (nSPS) is 23.2. The molecule has 1 amide bonds. The van der Waals surface area contributed by atoms with Gasteiger partial charge in [0.2, 0.25) is 0 Å². The number of hydrogen-bond acceptors (Lipinski definition) is 5. The molecular formula is C23H22ClNO5. The minimum absolute atomic E-state index is 0.0357. The molecule has 0 aliphatic carbocycles. The summed E-state index contributed by atoms with van der Waals surface area (Å²) in [5.41, 5.74) is 1.09. The molecule has 0 spiro atoms. The van der Waals surface area contributed by atoms with Crippen LogP contribution in [0.15, 0.2) is 54.1 Å². The number of carbonyl (C=O) groups is 2. The standard InChI is InChI=1S/C23H22ClNO5/c1-29-17-8-3-5-14(12-17)20-19(21(26)15-6-2-7-16(24)11-15)22(27)23(28)25(20)13-18-9-4-10-30-18/h2-3,5-8,11-12,18,20,26H,4,9-10,13H2,1H3/b21-19-. The molecule has 0 bridgehead atoms. The maximum atomic E-state index is 13.0. The predicted molar refractivity (Wildman–Crippen MR) is 112 cm³/mol. The van der Waals surface area contributed by atoms with Gasteiger partial charge in [-0.3, -0.25) is 9.59 Å². The highest BCUT2D eigenvalue weighted by molar-refractivity contribution is 6.46. The number of nitrogens with zero attached hydrogens (tertiary/aromatic N) is 1. The number of amides is 1. The largest absolute Gasteiger partial charge is 0.507 e. The molecule has 2 aromatic carbocycles. The van der Waals surface area contributed by atoms with Crippen molar-refractivity contribution < 1.29 is 24.2 Å². The molecule has 2 aliphatic heterocycles. The van der Waals surface area contributed by atoms with Crippen molar-refractivity contribution in [3.05, 3.63) is 70.3 Å². The first-order valence-electron chi connectivity index (χ1n) is 9.79. The first kappa shape index (κ1) is 20.4. The summed E-state index contributed by atoms with van der Waals surface area (Å²) in [6.07, 6.45) is 1.60. The molecule has 30 heavy (non-hydrogen) atoms. The molecule has 0 saturated carbocycles. The first-order valence-corrected chi connectivity index (χ1v) is 10.2. The number of benzene rings is 2. The van der Waals surface area contributed by atoms with Gasteiger partial charge in [-0.1, -0.05) is 35.9 Å². The van der Waals surface area contributed by atoms with Crippen molar-refractivity contribution in [3.8, 4) is 5.75 Å². The van der Waals surface area contributed by atoms with Crippen LogP contribution in [0.2, 0.25) is 5.02 Å². The third-order valence-electron chi connectivity index (χ3n) is 5.47. The van der Waals surface area contributed by atoms with E-state index < -0.39 is 17.7 Å². The van der Waals surface area contributed by atoms with Crippen LogP contribution < -0.4 is 4.74 Å². The molecule has 2 aromatic rings. The molecule has 2 heterocycles. The number of carbonyl (C=O) groups excluding carboxylic acids is 2. The van der Waals surface area contributed by atoms with Crippen LogP contribution in [0.5, 0.6) is 5.75 Å². The van der Waals surface area contributed by atoms with Crippen LogP contribution in [0.3, 0.4) is 0 Å². The molecule has 2 saturated heterocycles. The van der Waals surface area contributed by atoms with Crippen molar-refractivity contribution in [2.24, 2.45) is 0 Å². The van der Waals surface area contributed by atoms with Crippen LogP contribution in [0.25, 0.3) is 5.76 Å². The van der Waals surface area contributed by atoms with Crippen LogP contribution in [0, 0.1) is 0 Å². The van der Waals surface area contributed by atoms with E-state index in [2.05, 4.69) is 0 Å². The van der Waals surface area contributed by atoms with Crippen LogP contribution in [-0.2, 0) is 14.3 Å². The maximum absolute atomic E-state index is 13.0. The van der Waals surface area contributed by atoms with Gasteiger partial charge >= 0.3 is 0 Å². The Bertz CT molecular complexity index is 1010. The van der Waals surface area contributed by atoms with Gasteiger partial charge in [-0.15, -0.1) is 0 Å². The van der Waals surface area contributed by atoms with Crippen molar-refractivity contribution in [3.63, 3.8) is 0 Å². The molecule has 2 unspecified atom stereocenters. The third kappa shape index (κ3) is 3.80. The van der Waals surface area contributed by atoms with Gasteiger partial charge in [0.05, 0.1) is 24.8 Å². The summed E-state index contributed by atoms with van der Waals surface area (Å²) >= 11 is 6.07. The first-order chi connectivity index (χ1) is 14.5. The molecule has 7 heteroatoms. The zero-order valence-electron chi connectivity index (χ0n) is 16.5. The zero-order valence-corrected chi connectivity index (χ0v) is 17.3. The van der Waals surface area contributed by atoms with Crippen molar-refractivity contribution in [1.82, 2.24) is 4.90 Å². The van der Waals surface area contributed by atoms with Gasteiger partial charge < -0.3 is 19.5 Å². The number of ketones is 1. The predicted octanol–water partition coefficient (Wildman–Crippen LogP) is 3.95. The minimum atomic E-state index is -0.747. The van der Waals surface area contributed by atoms with E-state index in [0.717, 1.165) is 12.8 Å². The second kappa shape index (κ2) is 8.50. The van der Waals surface area contributed by atoms with Crippen LogP contribution in [0.1, 0.15) is 30.0 Å². The summed E-state index contributed by atoms with van der Waals surface area (Å²) in [6, 6.07) is 13.0. The van der Waals surface area contributed by atoms with Gasteiger partial charge in [0.25, 0.3) is 11.7 Å². The number of likely N-dealkylation sites (tertiary alicyclic amines) is 1. The molecule has 1 N–H and O–H groups in total. The second-order valence-corrected chi connectivity index (χ2v) is 7.81. The zero-order chi connectivity index (χ0) is 21.3. The molecule has 2 fully saturated rings. The fourth-order valence-corrected chi connectivity index (χ4v) is 4.22. The molecule has 0 aromatic heterocycles. The Morgan fingerprint density at radius 3 is 2.73 bits per heavy atom. The van der Waals surface area contributed by atoms with Gasteiger partial charge in [-0.25, -0.2) is 0 Å². The molecule has 0 radical (unpaired) electrons. The Labute approximate surface area is 179 Å². The molecular weight excluding hydrogens is 406 g/mol. The molecule has 2 aliphatic rings. The van der Waals surface area contributed by atoms with E-state index in [1.54, 1.807) is 49.6 Å². The van der Waals surface area contributed by atoms with E-state index >= 15 is 0 Å². The number of ether oxygens (including phenoxy) is 2. The summed E-state index contributed by atoms with van der Waals surface area (Å²) < 4.78 is 11.0. The van der Waals surface area contributed by atoms with E-state index in [1.165, 1.54) is 4.90 Å². The minimum Gasteiger partial charge on any atom is -0.507 e. The SMILES string of the molecule is COc1cccc(C2/C(=C(/O)c3cccc(Cl)c3)C(=O)C(=O)N2CC2CCCO2)c1. The van der Waals surface area contributed by atoms with Gasteiger partial charge in [-0.05, 0) is 42.7 Å². The van der Waals surface area contributed by atoms with Crippen molar-refractivity contribution in [2.45, 2.75) is 25.0 Å². The van der Waals surface area contributed by atoms with Crippen molar-refractivity contribution in [2.75, 3.05) is 20.3 Å². The molecule has 2 atom stereocenters. The highest BCUT2D eigenvalue weighted by atomic mass is 35.5. The smallest absolute Gasteiger partial charge is 0.295 e. The lowest BCUT2D eigenvalue weighted by atomic mass is 9.95. The number of aliphatic hydroxyl groups is 1. The van der Waals surface area contributed by atoms with E-state index in [9.17, 15) is 14.7 Å². The topological polar surface area (TPSA) is 76.1 Å². The number of rotatable bonds is 5. The summed E-state index contributed by atoms with van der Waals surface area (Å²) in [7, 11) is 1.55. The Morgan fingerprint density at radius 2 is 2.03 bits per heavy atom. The van der Waals surface area contributed by atoms with E-state index in [4.69, 9.17) is 21.1 Å². The second-order valence-electron chi connectivity index (χ2n) is 7.37. The van der Waals surface area contributed by atoms with Gasteiger partial charge in [0.15, 0.2) is 0 Å². The van der Waals surface area contributed by atoms with Crippen molar-refractivity contribution >= 4 is 29.1 Å². The monoisotopic (exact) mass is 427 g/mol. The Balaban J connectivity index is 1.84. The quantitative estimate of drug-likeness (QED) is 0.444. The van der Waals surface area contributed by atoms with Crippen LogP contribution >= 0.6 is 11.6 Å². The summed E-state index contributed by atoms with van der Waals surface area (Å²) in [4.78, 5) is 27.5. The van der Waals surface area contributed by atoms with E-state index in [-0.39, 0.29) is 24.0 Å². The molecule has 156 valence electrons. The molecule has 4 rings (SSSR count). The van der Waals surface area contributed by atoms with Crippen LogP contribution in [-0.4, -0.2) is 48.1 Å². The summed E-state index contributed by atoms with van der Waals surface area (Å²) in [6.45, 7) is 0.916. The summed E-state index contributed by atoms with van der Waals surface area (Å²) in [5.74, 6) is -1.03.